The Morgan fingerprint density at radius 3 is 2.43 bits per heavy atom. The zero-order valence-corrected chi connectivity index (χ0v) is 20.2. The second-order valence-corrected chi connectivity index (χ2v) is 9.36. The van der Waals surface area contributed by atoms with Gasteiger partial charge in [0.2, 0.25) is 0 Å². The van der Waals surface area contributed by atoms with Crippen molar-refractivity contribution in [1.82, 2.24) is 24.6 Å². The second-order valence-electron chi connectivity index (χ2n) is 9.36. The van der Waals surface area contributed by atoms with Gasteiger partial charge in [-0.2, -0.15) is 5.10 Å². The number of aromatic nitrogens is 4. The summed E-state index contributed by atoms with van der Waals surface area (Å²) in [5, 5.41) is 15.9. The van der Waals surface area contributed by atoms with Crippen LogP contribution in [0.2, 0.25) is 0 Å². The number of nitrogen functional groups attached to an aromatic ring is 1. The van der Waals surface area contributed by atoms with Crippen molar-refractivity contribution in [1.29, 1.82) is 0 Å². The van der Waals surface area contributed by atoms with E-state index in [1.165, 1.54) is 10.5 Å². The molecule has 1 fully saturated rings. The second kappa shape index (κ2) is 9.39. The number of piperidine rings is 1. The van der Waals surface area contributed by atoms with Gasteiger partial charge in [-0.15, -0.1) is 0 Å². The molecule has 0 unspecified atom stereocenters. The summed E-state index contributed by atoms with van der Waals surface area (Å²) in [6, 6.07) is 20.9. The van der Waals surface area contributed by atoms with Gasteiger partial charge in [0, 0.05) is 53.8 Å². The van der Waals surface area contributed by atoms with Crippen molar-refractivity contribution in [3.05, 3.63) is 85.5 Å². The molecule has 1 aliphatic rings. The molecular formula is C29H26N6O2. The van der Waals surface area contributed by atoms with E-state index in [4.69, 9.17) is 10.7 Å². The Balaban J connectivity index is 1.27. The van der Waals surface area contributed by atoms with Crippen molar-refractivity contribution in [2.75, 3.05) is 18.8 Å². The highest BCUT2D eigenvalue weighted by Gasteiger charge is 2.24. The fraction of sp³-hybridized carbons (Fsp3) is 0.172. The van der Waals surface area contributed by atoms with Crippen LogP contribution in [0.4, 0.5) is 10.6 Å². The van der Waals surface area contributed by atoms with E-state index in [0.29, 0.717) is 18.9 Å². The van der Waals surface area contributed by atoms with E-state index in [9.17, 15) is 9.90 Å². The molecule has 1 saturated heterocycles. The minimum absolute atomic E-state index is 0.175. The normalized spacial score (nSPS) is 14.2. The number of rotatable bonds is 4. The summed E-state index contributed by atoms with van der Waals surface area (Å²) in [4.78, 5) is 21.8. The summed E-state index contributed by atoms with van der Waals surface area (Å²) in [6.07, 6.45) is 8.07. The lowest BCUT2D eigenvalue weighted by Crippen LogP contribution is -2.38. The van der Waals surface area contributed by atoms with Gasteiger partial charge in [-0.1, -0.05) is 42.5 Å². The molecule has 0 atom stereocenters. The van der Waals surface area contributed by atoms with Crippen LogP contribution in [0.25, 0.3) is 44.3 Å². The summed E-state index contributed by atoms with van der Waals surface area (Å²) in [6.45, 7) is 1.03. The Kier molecular flexibility index (Phi) is 5.76. The maximum Gasteiger partial charge on any atom is 0.407 e. The largest absolute Gasteiger partial charge is 0.465 e. The molecule has 6 rings (SSSR count). The predicted molar refractivity (Wildman–Crippen MR) is 144 cm³/mol. The summed E-state index contributed by atoms with van der Waals surface area (Å²) >= 11 is 0. The lowest BCUT2D eigenvalue weighted by molar-refractivity contribution is 0.124. The maximum atomic E-state index is 11.2. The molecule has 1 amide bonds. The Labute approximate surface area is 214 Å². The van der Waals surface area contributed by atoms with Crippen molar-refractivity contribution < 1.29 is 9.90 Å². The van der Waals surface area contributed by atoms with Crippen molar-refractivity contribution in [3.8, 4) is 33.5 Å². The van der Waals surface area contributed by atoms with Crippen LogP contribution in [-0.4, -0.2) is 48.9 Å². The third-order valence-electron chi connectivity index (χ3n) is 7.07. The quantitative estimate of drug-likeness (QED) is 0.333. The van der Waals surface area contributed by atoms with Gasteiger partial charge >= 0.3 is 6.09 Å². The van der Waals surface area contributed by atoms with E-state index in [1.807, 2.05) is 53.6 Å². The molecule has 0 aliphatic carbocycles. The van der Waals surface area contributed by atoms with Crippen molar-refractivity contribution >= 4 is 22.7 Å². The van der Waals surface area contributed by atoms with Crippen LogP contribution in [0.5, 0.6) is 0 Å². The minimum Gasteiger partial charge on any atom is -0.465 e. The van der Waals surface area contributed by atoms with Gasteiger partial charge in [-0.25, -0.2) is 9.78 Å². The van der Waals surface area contributed by atoms with Gasteiger partial charge in [-0.05, 0) is 47.6 Å². The number of pyridine rings is 2. The van der Waals surface area contributed by atoms with Gasteiger partial charge in [-0.3, -0.25) is 9.67 Å². The summed E-state index contributed by atoms with van der Waals surface area (Å²) in [5.74, 6) is 0.421. The van der Waals surface area contributed by atoms with E-state index < -0.39 is 6.09 Å². The van der Waals surface area contributed by atoms with E-state index in [-0.39, 0.29) is 6.04 Å². The number of carbonyl (C=O) groups is 1. The molecule has 1 aliphatic heterocycles. The van der Waals surface area contributed by atoms with Crippen LogP contribution in [-0.2, 0) is 0 Å². The van der Waals surface area contributed by atoms with Crippen molar-refractivity contribution in [2.45, 2.75) is 18.9 Å². The third-order valence-corrected chi connectivity index (χ3v) is 7.07. The molecule has 8 heteroatoms. The third kappa shape index (κ3) is 4.49. The number of nitrogens with zero attached hydrogens (tertiary/aromatic N) is 5. The number of nitrogens with two attached hydrogens (primary N) is 1. The topological polar surface area (TPSA) is 110 Å². The van der Waals surface area contributed by atoms with Crippen LogP contribution in [0.1, 0.15) is 18.9 Å². The number of hydrogen-bond donors (Lipinski definition) is 2. The average Bonchev–Trinajstić information content (AvgIpc) is 3.44. The first-order chi connectivity index (χ1) is 18.0. The Morgan fingerprint density at radius 1 is 0.838 bits per heavy atom. The van der Waals surface area contributed by atoms with E-state index >= 15 is 0 Å². The number of amides is 1. The molecule has 2 aromatic carbocycles. The fourth-order valence-electron chi connectivity index (χ4n) is 4.95. The molecule has 5 aromatic rings. The summed E-state index contributed by atoms with van der Waals surface area (Å²) < 4.78 is 1.93. The Hall–Kier alpha value is -4.72. The molecule has 8 nitrogen and oxygen atoms in total. The first-order valence-electron chi connectivity index (χ1n) is 12.3. The van der Waals surface area contributed by atoms with Crippen LogP contribution in [0, 0.1) is 0 Å². The molecule has 0 bridgehead atoms. The van der Waals surface area contributed by atoms with Gasteiger partial charge < -0.3 is 15.7 Å². The number of likely N-dealkylation sites (tertiary alicyclic amines) is 1. The lowest BCUT2D eigenvalue weighted by Gasteiger charge is -2.30. The highest BCUT2D eigenvalue weighted by atomic mass is 16.4. The van der Waals surface area contributed by atoms with Crippen LogP contribution < -0.4 is 5.73 Å². The molecular weight excluding hydrogens is 464 g/mol. The molecule has 0 radical (unpaired) electrons. The first kappa shape index (κ1) is 22.7. The zero-order valence-electron chi connectivity index (χ0n) is 20.2. The zero-order chi connectivity index (χ0) is 25.4. The maximum absolute atomic E-state index is 11.2. The smallest absolute Gasteiger partial charge is 0.407 e. The SMILES string of the molecule is Nc1ncc(-c2cnn(C3CCN(C(=O)O)CC3)c2)cc1-c1cc2ccc(-c3ccccc3)cc2cn1. The van der Waals surface area contributed by atoms with Crippen molar-refractivity contribution in [2.24, 2.45) is 0 Å². The van der Waals surface area contributed by atoms with E-state index in [1.54, 1.807) is 6.20 Å². The number of carboxylic acid groups (broad SMARTS) is 1. The molecule has 37 heavy (non-hydrogen) atoms. The first-order valence-corrected chi connectivity index (χ1v) is 12.3. The highest BCUT2D eigenvalue weighted by molar-refractivity contribution is 5.90. The molecule has 184 valence electrons. The number of benzene rings is 2. The number of fused-ring (bicyclic) bond motifs is 1. The van der Waals surface area contributed by atoms with Gasteiger partial charge in [0.05, 0.1) is 17.9 Å². The van der Waals surface area contributed by atoms with Gasteiger partial charge in [0.1, 0.15) is 5.82 Å². The minimum atomic E-state index is -0.862. The Bertz CT molecular complexity index is 1590. The molecule has 4 heterocycles. The molecule has 0 saturated carbocycles. The summed E-state index contributed by atoms with van der Waals surface area (Å²) in [5.41, 5.74) is 12.0. The van der Waals surface area contributed by atoms with E-state index in [2.05, 4.69) is 40.4 Å². The summed E-state index contributed by atoms with van der Waals surface area (Å²) in [7, 11) is 0. The fourth-order valence-corrected chi connectivity index (χ4v) is 4.95. The van der Waals surface area contributed by atoms with E-state index in [0.717, 1.165) is 51.6 Å². The average molecular weight is 491 g/mol. The lowest BCUT2D eigenvalue weighted by atomic mass is 10.0. The standard InChI is InChI=1S/C29H26N6O2/c30-28-26(27-14-21-7-6-20(12-22(21)15-31-27)19-4-2-1-3-5-19)13-23(16-32-28)24-17-33-35(18-24)25-8-10-34(11-9-25)29(36)37/h1-7,12-18,25H,8-11H2,(H2,30,32)(H,36,37). The molecule has 3 aromatic heterocycles. The molecule has 0 spiro atoms. The van der Waals surface area contributed by atoms with Crippen LogP contribution in [0.15, 0.2) is 85.5 Å². The Morgan fingerprint density at radius 2 is 1.65 bits per heavy atom. The molecule has 3 N–H and O–H groups in total. The van der Waals surface area contributed by atoms with Crippen LogP contribution in [0.3, 0.4) is 0 Å². The number of anilines is 1. The van der Waals surface area contributed by atoms with Gasteiger partial charge in [0.25, 0.3) is 0 Å². The monoisotopic (exact) mass is 490 g/mol. The van der Waals surface area contributed by atoms with Gasteiger partial charge in [0.15, 0.2) is 0 Å². The van der Waals surface area contributed by atoms with Crippen LogP contribution >= 0.6 is 0 Å². The highest BCUT2D eigenvalue weighted by Crippen LogP contribution is 2.32. The predicted octanol–water partition coefficient (Wildman–Crippen LogP) is 5.72. The number of hydrogen-bond acceptors (Lipinski definition) is 5. The van der Waals surface area contributed by atoms with Crippen molar-refractivity contribution in [3.63, 3.8) is 0 Å².